The summed E-state index contributed by atoms with van der Waals surface area (Å²) in [5.74, 6) is 0.771. The Labute approximate surface area is 177 Å². The van der Waals surface area contributed by atoms with E-state index in [2.05, 4.69) is 44.9 Å². The minimum absolute atomic E-state index is 0. The third-order valence-corrected chi connectivity index (χ3v) is 5.10. The lowest BCUT2D eigenvalue weighted by molar-refractivity contribution is 0.702. The quantitative estimate of drug-likeness (QED) is 0.354. The van der Waals surface area contributed by atoms with Gasteiger partial charge in [-0.05, 0) is 12.8 Å². The predicted octanol–water partition coefficient (Wildman–Crippen LogP) is 2.55. The Kier molecular flexibility index (Phi) is 9.34. The lowest BCUT2D eigenvalue weighted by Gasteiger charge is -2.12. The molecule has 2 aromatic heterocycles. The fourth-order valence-electron chi connectivity index (χ4n) is 2.74. The minimum Gasteiger partial charge on any atom is -0.354 e. The van der Waals surface area contributed by atoms with Gasteiger partial charge in [0.15, 0.2) is 11.1 Å². The maximum atomic E-state index is 4.62. The lowest BCUT2D eigenvalue weighted by atomic mass is 10.1. The van der Waals surface area contributed by atoms with Crippen molar-refractivity contribution in [1.82, 2.24) is 25.4 Å². The van der Waals surface area contributed by atoms with Gasteiger partial charge >= 0.3 is 0 Å². The fraction of sp³-hybridized carbons (Fsp3) is 0.588. The molecule has 0 saturated carbocycles. The molecule has 146 valence electrons. The largest absolute Gasteiger partial charge is 0.354 e. The van der Waals surface area contributed by atoms with Crippen molar-refractivity contribution in [2.45, 2.75) is 39.8 Å². The third-order valence-electron chi connectivity index (χ3n) is 4.04. The number of aliphatic imine (C=N–C) groups is 1. The van der Waals surface area contributed by atoms with E-state index < -0.39 is 0 Å². The van der Waals surface area contributed by atoms with Crippen LogP contribution in [0.2, 0.25) is 0 Å². The number of anilines is 1. The molecule has 0 aliphatic heterocycles. The summed E-state index contributed by atoms with van der Waals surface area (Å²) in [7, 11) is 7.80. The van der Waals surface area contributed by atoms with Gasteiger partial charge in [0, 0.05) is 51.4 Å². The first-order valence-corrected chi connectivity index (χ1v) is 9.47. The minimum atomic E-state index is 0. The molecule has 26 heavy (non-hydrogen) atoms. The van der Waals surface area contributed by atoms with Crippen LogP contribution in [0.15, 0.2) is 10.4 Å². The number of hydrogen-bond donors (Lipinski definition) is 2. The molecule has 0 amide bonds. The van der Waals surface area contributed by atoms with Crippen molar-refractivity contribution < 1.29 is 0 Å². The molecule has 0 aromatic carbocycles. The molecule has 0 saturated heterocycles. The zero-order valence-electron chi connectivity index (χ0n) is 16.5. The number of aryl methyl sites for hydroxylation is 2. The van der Waals surface area contributed by atoms with Gasteiger partial charge in [-0.15, -0.1) is 35.3 Å². The summed E-state index contributed by atoms with van der Waals surface area (Å²) in [5.41, 5.74) is 4.72. The van der Waals surface area contributed by atoms with Gasteiger partial charge in [-0.1, -0.05) is 13.8 Å². The molecule has 0 bridgehead atoms. The van der Waals surface area contributed by atoms with Crippen LogP contribution in [-0.2, 0) is 33.0 Å². The summed E-state index contributed by atoms with van der Waals surface area (Å²) in [6.07, 6.45) is 1.90. The van der Waals surface area contributed by atoms with Crippen LogP contribution in [0.1, 0.15) is 36.5 Å². The van der Waals surface area contributed by atoms with E-state index in [1.807, 2.05) is 30.7 Å². The van der Waals surface area contributed by atoms with Gasteiger partial charge in [-0.25, -0.2) is 4.98 Å². The smallest absolute Gasteiger partial charge is 0.191 e. The maximum absolute atomic E-state index is 4.62. The van der Waals surface area contributed by atoms with Crippen molar-refractivity contribution in [3.8, 4) is 0 Å². The number of nitrogens with zero attached hydrogens (tertiary/aromatic N) is 5. The van der Waals surface area contributed by atoms with Crippen molar-refractivity contribution in [2.75, 3.05) is 26.0 Å². The molecule has 2 aromatic rings. The fourth-order valence-corrected chi connectivity index (χ4v) is 3.50. The van der Waals surface area contributed by atoms with E-state index in [-0.39, 0.29) is 24.0 Å². The molecule has 0 aliphatic carbocycles. The molecule has 0 radical (unpaired) electrons. The van der Waals surface area contributed by atoms with E-state index in [0.717, 1.165) is 41.9 Å². The molecule has 9 heteroatoms. The van der Waals surface area contributed by atoms with Crippen LogP contribution in [0.5, 0.6) is 0 Å². The normalized spacial score (nSPS) is 11.2. The van der Waals surface area contributed by atoms with Gasteiger partial charge < -0.3 is 15.5 Å². The topological polar surface area (TPSA) is 70.4 Å². The predicted molar refractivity (Wildman–Crippen MR) is 121 cm³/mol. The zero-order valence-corrected chi connectivity index (χ0v) is 19.6. The maximum Gasteiger partial charge on any atom is 0.191 e. The van der Waals surface area contributed by atoms with Crippen LogP contribution >= 0.6 is 35.3 Å². The molecule has 0 fully saturated rings. The first-order chi connectivity index (χ1) is 12.0. The van der Waals surface area contributed by atoms with Crippen LogP contribution < -0.4 is 15.5 Å². The molecular weight excluding hydrogens is 461 g/mol. The SMILES string of the molecule is CCc1nn(C)c(CC)c1CNC(=NC)NCc1csc(N(C)C)n1.I. The third kappa shape index (κ3) is 5.57. The summed E-state index contributed by atoms with van der Waals surface area (Å²) >= 11 is 1.64. The van der Waals surface area contributed by atoms with E-state index in [4.69, 9.17) is 0 Å². The Bertz CT molecular complexity index is 721. The summed E-state index contributed by atoms with van der Waals surface area (Å²) in [4.78, 5) is 10.9. The summed E-state index contributed by atoms with van der Waals surface area (Å²) < 4.78 is 1.99. The molecule has 0 spiro atoms. The van der Waals surface area contributed by atoms with Crippen LogP contribution in [0.4, 0.5) is 5.13 Å². The molecule has 0 unspecified atom stereocenters. The van der Waals surface area contributed by atoms with E-state index in [1.165, 1.54) is 11.3 Å². The number of aromatic nitrogens is 3. The lowest BCUT2D eigenvalue weighted by Crippen LogP contribution is -2.36. The number of thiazole rings is 1. The van der Waals surface area contributed by atoms with Crippen LogP contribution in [0, 0.1) is 0 Å². The van der Waals surface area contributed by atoms with Crippen molar-refractivity contribution in [1.29, 1.82) is 0 Å². The molecule has 0 aliphatic rings. The van der Waals surface area contributed by atoms with Gasteiger partial charge in [0.05, 0.1) is 17.9 Å². The standard InChI is InChI=1S/C17H29N7S.HI/c1-7-14-13(15(8-2)24(6)22-14)10-20-16(18-3)19-9-12-11-25-17(21-12)23(4)5;/h11H,7-10H2,1-6H3,(H2,18,19,20);1H. The summed E-state index contributed by atoms with van der Waals surface area (Å²) in [6.45, 7) is 5.68. The first kappa shape index (κ1) is 22.7. The zero-order chi connectivity index (χ0) is 18.4. The van der Waals surface area contributed by atoms with Gasteiger partial charge in [-0.3, -0.25) is 9.67 Å². The Balaban J connectivity index is 0.00000338. The molecule has 7 nitrogen and oxygen atoms in total. The average Bonchev–Trinajstić information content (AvgIpc) is 3.19. The van der Waals surface area contributed by atoms with Crippen LogP contribution in [0.25, 0.3) is 0 Å². The summed E-state index contributed by atoms with van der Waals surface area (Å²) in [5, 5.41) is 14.4. The molecule has 2 rings (SSSR count). The Morgan fingerprint density at radius 1 is 1.23 bits per heavy atom. The molecule has 2 heterocycles. The molecular formula is C17H30IN7S. The van der Waals surface area contributed by atoms with Gasteiger partial charge in [-0.2, -0.15) is 5.10 Å². The second kappa shape index (κ2) is 10.7. The van der Waals surface area contributed by atoms with Gasteiger partial charge in [0.2, 0.25) is 0 Å². The van der Waals surface area contributed by atoms with E-state index >= 15 is 0 Å². The second-order valence-electron chi connectivity index (χ2n) is 6.00. The van der Waals surface area contributed by atoms with E-state index in [9.17, 15) is 0 Å². The first-order valence-electron chi connectivity index (χ1n) is 8.59. The number of rotatable bonds is 7. The van der Waals surface area contributed by atoms with E-state index in [0.29, 0.717) is 6.54 Å². The van der Waals surface area contributed by atoms with Crippen molar-refractivity contribution in [3.63, 3.8) is 0 Å². The number of hydrogen-bond acceptors (Lipinski definition) is 5. The van der Waals surface area contributed by atoms with Gasteiger partial charge in [0.25, 0.3) is 0 Å². The van der Waals surface area contributed by atoms with Crippen molar-refractivity contribution in [3.05, 3.63) is 28.0 Å². The highest BCUT2D eigenvalue weighted by Crippen LogP contribution is 2.18. The van der Waals surface area contributed by atoms with Crippen molar-refractivity contribution >= 4 is 46.4 Å². The number of halogens is 1. The highest BCUT2D eigenvalue weighted by Gasteiger charge is 2.14. The van der Waals surface area contributed by atoms with Crippen LogP contribution in [0.3, 0.4) is 0 Å². The Morgan fingerprint density at radius 2 is 1.92 bits per heavy atom. The monoisotopic (exact) mass is 491 g/mol. The van der Waals surface area contributed by atoms with Crippen molar-refractivity contribution in [2.24, 2.45) is 12.0 Å². The number of guanidine groups is 1. The Morgan fingerprint density at radius 3 is 2.46 bits per heavy atom. The molecule has 0 atom stereocenters. The highest BCUT2D eigenvalue weighted by molar-refractivity contribution is 14.0. The summed E-state index contributed by atoms with van der Waals surface area (Å²) in [6, 6.07) is 0. The highest BCUT2D eigenvalue weighted by atomic mass is 127. The van der Waals surface area contributed by atoms with Gasteiger partial charge in [0.1, 0.15) is 0 Å². The van der Waals surface area contributed by atoms with E-state index in [1.54, 1.807) is 18.4 Å². The Hall–Kier alpha value is -1.36. The number of nitrogens with one attached hydrogen (secondary N) is 2. The second-order valence-corrected chi connectivity index (χ2v) is 6.83. The van der Waals surface area contributed by atoms with Crippen LogP contribution in [-0.4, -0.2) is 41.9 Å². The average molecular weight is 491 g/mol. The molecule has 2 N–H and O–H groups in total.